The Morgan fingerprint density at radius 3 is 1.97 bits per heavy atom. The van der Waals surface area contributed by atoms with Crippen LogP contribution in [0.3, 0.4) is 0 Å². The zero-order valence-electron chi connectivity index (χ0n) is 17.8. The first-order valence-corrected chi connectivity index (χ1v) is 11.0. The summed E-state index contributed by atoms with van der Waals surface area (Å²) in [6.07, 6.45) is 0. The number of hydrogen-bond donors (Lipinski definition) is 2. The number of piperazine rings is 1. The molecule has 1 fully saturated rings. The molecule has 7 heteroatoms. The summed E-state index contributed by atoms with van der Waals surface area (Å²) < 4.78 is 0.996. The highest BCUT2D eigenvalue weighted by atomic mass is 79.9. The fourth-order valence-corrected chi connectivity index (χ4v) is 4.02. The normalized spacial score (nSPS) is 15.1. The average Bonchev–Trinajstić information content (AvgIpc) is 2.69. The number of carbonyl (C=O) groups is 2. The molecule has 3 rings (SSSR count). The number of halogens is 1. The van der Waals surface area contributed by atoms with Gasteiger partial charge in [-0.05, 0) is 61.7 Å². The first-order chi connectivity index (χ1) is 14.3. The predicted octanol–water partition coefficient (Wildman–Crippen LogP) is 3.57. The minimum atomic E-state index is -0.0125. The number of carbonyl (C=O) groups excluding carboxylic acids is 2. The SMILES string of the molecule is Cc1cc(Br)ccc1NC(=O)CN1CCN(CC(=O)Nc2cccc(C)c2C)CC1. The van der Waals surface area contributed by atoms with Crippen molar-refractivity contribution in [3.05, 3.63) is 57.6 Å². The van der Waals surface area contributed by atoms with Crippen LogP contribution in [0.2, 0.25) is 0 Å². The van der Waals surface area contributed by atoms with Crippen molar-refractivity contribution in [1.82, 2.24) is 9.80 Å². The molecule has 2 amide bonds. The van der Waals surface area contributed by atoms with Crippen LogP contribution < -0.4 is 10.6 Å². The van der Waals surface area contributed by atoms with Gasteiger partial charge in [-0.3, -0.25) is 19.4 Å². The zero-order valence-corrected chi connectivity index (χ0v) is 19.4. The van der Waals surface area contributed by atoms with Crippen LogP contribution in [-0.4, -0.2) is 60.9 Å². The Morgan fingerprint density at radius 1 is 0.833 bits per heavy atom. The quantitative estimate of drug-likeness (QED) is 0.674. The lowest BCUT2D eigenvalue weighted by molar-refractivity contribution is -0.120. The minimum Gasteiger partial charge on any atom is -0.325 e. The largest absolute Gasteiger partial charge is 0.325 e. The third-order valence-corrected chi connectivity index (χ3v) is 6.03. The lowest BCUT2D eigenvalue weighted by Crippen LogP contribution is -2.50. The molecule has 0 spiro atoms. The molecule has 1 saturated heterocycles. The second kappa shape index (κ2) is 10.2. The van der Waals surface area contributed by atoms with Crippen molar-refractivity contribution in [2.45, 2.75) is 20.8 Å². The van der Waals surface area contributed by atoms with E-state index in [2.05, 4.69) is 36.4 Å². The lowest BCUT2D eigenvalue weighted by atomic mass is 10.1. The van der Waals surface area contributed by atoms with E-state index < -0.39 is 0 Å². The molecule has 2 aromatic carbocycles. The van der Waals surface area contributed by atoms with Crippen LogP contribution in [-0.2, 0) is 9.59 Å². The molecule has 0 radical (unpaired) electrons. The maximum atomic E-state index is 12.4. The number of aryl methyl sites for hydroxylation is 2. The van der Waals surface area contributed by atoms with Gasteiger partial charge in [0.1, 0.15) is 0 Å². The fraction of sp³-hybridized carbons (Fsp3) is 0.391. The fourth-order valence-electron chi connectivity index (χ4n) is 3.55. The molecule has 0 bridgehead atoms. The number of nitrogens with one attached hydrogen (secondary N) is 2. The van der Waals surface area contributed by atoms with Crippen molar-refractivity contribution < 1.29 is 9.59 Å². The van der Waals surface area contributed by atoms with Gasteiger partial charge in [0.2, 0.25) is 11.8 Å². The topological polar surface area (TPSA) is 64.7 Å². The number of amides is 2. The van der Waals surface area contributed by atoms with Crippen LogP contribution in [0.1, 0.15) is 16.7 Å². The Bertz CT molecular complexity index is 923. The van der Waals surface area contributed by atoms with Gasteiger partial charge < -0.3 is 10.6 Å². The second-order valence-corrected chi connectivity index (χ2v) is 8.77. The molecular formula is C23H29BrN4O2. The molecule has 0 unspecified atom stereocenters. The molecule has 160 valence electrons. The molecule has 1 aliphatic rings. The van der Waals surface area contributed by atoms with Crippen LogP contribution in [0.15, 0.2) is 40.9 Å². The Hall–Kier alpha value is -2.22. The van der Waals surface area contributed by atoms with Crippen LogP contribution in [0.5, 0.6) is 0 Å². The first-order valence-electron chi connectivity index (χ1n) is 10.2. The van der Waals surface area contributed by atoms with Crippen molar-refractivity contribution in [3.63, 3.8) is 0 Å². The Labute approximate surface area is 186 Å². The summed E-state index contributed by atoms with van der Waals surface area (Å²) in [6.45, 7) is 9.83. The van der Waals surface area contributed by atoms with E-state index in [9.17, 15) is 9.59 Å². The van der Waals surface area contributed by atoms with Crippen molar-refractivity contribution in [2.75, 3.05) is 49.9 Å². The number of nitrogens with zero attached hydrogens (tertiary/aromatic N) is 2. The lowest BCUT2D eigenvalue weighted by Gasteiger charge is -2.33. The van der Waals surface area contributed by atoms with E-state index in [1.165, 1.54) is 0 Å². The maximum Gasteiger partial charge on any atom is 0.238 e. The molecule has 2 N–H and O–H groups in total. The molecule has 0 aromatic heterocycles. The van der Waals surface area contributed by atoms with E-state index in [0.29, 0.717) is 13.1 Å². The summed E-state index contributed by atoms with van der Waals surface area (Å²) in [6, 6.07) is 11.7. The van der Waals surface area contributed by atoms with E-state index in [4.69, 9.17) is 0 Å². The number of benzene rings is 2. The molecule has 0 aliphatic carbocycles. The van der Waals surface area contributed by atoms with Gasteiger partial charge in [0.15, 0.2) is 0 Å². The summed E-state index contributed by atoms with van der Waals surface area (Å²) in [5.74, 6) is -0.0119. The Kier molecular flexibility index (Phi) is 7.64. The van der Waals surface area contributed by atoms with E-state index >= 15 is 0 Å². The van der Waals surface area contributed by atoms with Gasteiger partial charge in [-0.2, -0.15) is 0 Å². The van der Waals surface area contributed by atoms with Crippen LogP contribution in [0.25, 0.3) is 0 Å². The van der Waals surface area contributed by atoms with Gasteiger partial charge in [0.25, 0.3) is 0 Å². The molecular weight excluding hydrogens is 444 g/mol. The second-order valence-electron chi connectivity index (χ2n) is 7.86. The minimum absolute atomic E-state index is 0.000562. The molecule has 1 heterocycles. The summed E-state index contributed by atoms with van der Waals surface area (Å²) in [7, 11) is 0. The van der Waals surface area contributed by atoms with Crippen molar-refractivity contribution in [3.8, 4) is 0 Å². The summed E-state index contributed by atoms with van der Waals surface area (Å²) in [5.41, 5.74) is 5.00. The van der Waals surface area contributed by atoms with E-state index in [0.717, 1.165) is 58.7 Å². The van der Waals surface area contributed by atoms with Crippen molar-refractivity contribution in [1.29, 1.82) is 0 Å². The molecule has 0 saturated carbocycles. The van der Waals surface area contributed by atoms with Gasteiger partial charge >= 0.3 is 0 Å². The summed E-state index contributed by atoms with van der Waals surface area (Å²) >= 11 is 3.44. The summed E-state index contributed by atoms with van der Waals surface area (Å²) in [5, 5.41) is 6.00. The maximum absolute atomic E-state index is 12.4. The van der Waals surface area contributed by atoms with Gasteiger partial charge in [0.05, 0.1) is 13.1 Å². The standard InChI is InChI=1S/C23H29BrN4O2/c1-16-5-4-6-21(18(16)3)26-23(30)15-28-11-9-27(10-12-28)14-22(29)25-20-8-7-19(24)13-17(20)2/h4-8,13H,9-12,14-15H2,1-3H3,(H,25,29)(H,26,30). The van der Waals surface area contributed by atoms with Crippen molar-refractivity contribution >= 4 is 39.1 Å². The molecule has 2 aromatic rings. The molecule has 1 aliphatic heterocycles. The predicted molar refractivity (Wildman–Crippen MR) is 125 cm³/mol. The van der Waals surface area contributed by atoms with Crippen LogP contribution in [0, 0.1) is 20.8 Å². The van der Waals surface area contributed by atoms with E-state index in [1.807, 2.05) is 57.2 Å². The zero-order chi connectivity index (χ0) is 21.7. The van der Waals surface area contributed by atoms with E-state index in [-0.39, 0.29) is 11.8 Å². The Balaban J connectivity index is 1.42. The van der Waals surface area contributed by atoms with E-state index in [1.54, 1.807) is 0 Å². The monoisotopic (exact) mass is 472 g/mol. The number of anilines is 2. The van der Waals surface area contributed by atoms with Crippen molar-refractivity contribution in [2.24, 2.45) is 0 Å². The van der Waals surface area contributed by atoms with Gasteiger partial charge in [-0.1, -0.05) is 28.1 Å². The third kappa shape index (κ3) is 6.14. The summed E-state index contributed by atoms with van der Waals surface area (Å²) in [4.78, 5) is 29.1. The Morgan fingerprint density at radius 2 is 1.40 bits per heavy atom. The van der Waals surface area contributed by atoms with Gasteiger partial charge in [-0.25, -0.2) is 0 Å². The molecule has 6 nitrogen and oxygen atoms in total. The molecule has 0 atom stereocenters. The average molecular weight is 473 g/mol. The highest BCUT2D eigenvalue weighted by Crippen LogP contribution is 2.20. The van der Waals surface area contributed by atoms with Gasteiger partial charge in [0, 0.05) is 42.0 Å². The first kappa shape index (κ1) is 22.5. The molecule has 30 heavy (non-hydrogen) atoms. The third-order valence-electron chi connectivity index (χ3n) is 5.54. The van der Waals surface area contributed by atoms with Gasteiger partial charge in [-0.15, -0.1) is 0 Å². The smallest absolute Gasteiger partial charge is 0.238 e. The number of rotatable bonds is 6. The van der Waals surface area contributed by atoms with Crippen LogP contribution in [0.4, 0.5) is 11.4 Å². The highest BCUT2D eigenvalue weighted by Gasteiger charge is 2.21. The highest BCUT2D eigenvalue weighted by molar-refractivity contribution is 9.10. The van der Waals surface area contributed by atoms with Crippen LogP contribution >= 0.6 is 15.9 Å². The number of hydrogen-bond acceptors (Lipinski definition) is 4.